The molecule has 136 valence electrons. The molecule has 2 heterocycles. The zero-order valence-corrected chi connectivity index (χ0v) is 17.1. The number of carbonyl (C=O) groups excluding carboxylic acids is 1. The third kappa shape index (κ3) is 4.28. The molecular formula is C18H19ClN4OS2. The van der Waals surface area contributed by atoms with Crippen molar-refractivity contribution in [2.45, 2.75) is 30.7 Å². The number of thioether (sulfide) groups is 1. The number of halogens is 1. The van der Waals surface area contributed by atoms with Gasteiger partial charge in [0, 0.05) is 29.1 Å². The van der Waals surface area contributed by atoms with Crippen LogP contribution in [0.25, 0.3) is 0 Å². The normalized spacial score (nSPS) is 12.2. The van der Waals surface area contributed by atoms with Crippen LogP contribution in [-0.4, -0.2) is 25.9 Å². The van der Waals surface area contributed by atoms with Crippen LogP contribution in [0.3, 0.4) is 0 Å². The molecule has 8 heteroatoms. The van der Waals surface area contributed by atoms with Gasteiger partial charge in [0.1, 0.15) is 5.82 Å². The minimum absolute atomic E-state index is 0.0943. The Morgan fingerprint density at radius 3 is 2.88 bits per heavy atom. The fourth-order valence-electron chi connectivity index (χ4n) is 2.36. The predicted molar refractivity (Wildman–Crippen MR) is 108 cm³/mol. The largest absolute Gasteiger partial charge is 0.325 e. The van der Waals surface area contributed by atoms with Crippen molar-refractivity contribution in [2.75, 3.05) is 5.32 Å². The number of nitrogens with one attached hydrogen (secondary N) is 1. The summed E-state index contributed by atoms with van der Waals surface area (Å²) in [6.45, 7) is 3.74. The number of aromatic nitrogens is 3. The Morgan fingerprint density at radius 2 is 2.15 bits per heavy atom. The van der Waals surface area contributed by atoms with E-state index in [0.29, 0.717) is 5.02 Å². The van der Waals surface area contributed by atoms with Gasteiger partial charge >= 0.3 is 0 Å². The molecule has 5 nitrogen and oxygen atoms in total. The van der Waals surface area contributed by atoms with Crippen LogP contribution in [0, 0.1) is 6.92 Å². The quantitative estimate of drug-likeness (QED) is 0.610. The van der Waals surface area contributed by atoms with Crippen LogP contribution in [0.2, 0.25) is 5.02 Å². The van der Waals surface area contributed by atoms with E-state index in [1.54, 1.807) is 17.4 Å². The highest BCUT2D eigenvalue weighted by Gasteiger charge is 2.20. The highest BCUT2D eigenvalue weighted by molar-refractivity contribution is 8.00. The van der Waals surface area contributed by atoms with Gasteiger partial charge in [-0.2, -0.15) is 0 Å². The third-order valence-electron chi connectivity index (χ3n) is 4.01. The Morgan fingerprint density at radius 1 is 1.35 bits per heavy atom. The average molecular weight is 407 g/mol. The summed E-state index contributed by atoms with van der Waals surface area (Å²) in [5, 5.41) is 14.5. The molecule has 0 unspecified atom stereocenters. The first-order chi connectivity index (χ1) is 12.5. The molecule has 0 radical (unpaired) electrons. The third-order valence-corrected chi connectivity index (χ3v) is 6.43. The lowest BCUT2D eigenvalue weighted by atomic mass is 10.2. The van der Waals surface area contributed by atoms with Gasteiger partial charge in [-0.05, 0) is 43.0 Å². The molecule has 0 spiro atoms. The number of carbonyl (C=O) groups is 1. The minimum Gasteiger partial charge on any atom is -0.325 e. The van der Waals surface area contributed by atoms with Crippen molar-refractivity contribution in [3.05, 3.63) is 57.0 Å². The van der Waals surface area contributed by atoms with Crippen molar-refractivity contribution >= 4 is 46.3 Å². The molecule has 3 aromatic rings. The van der Waals surface area contributed by atoms with E-state index in [-0.39, 0.29) is 11.2 Å². The maximum Gasteiger partial charge on any atom is 0.237 e. The van der Waals surface area contributed by atoms with E-state index in [4.69, 9.17) is 11.6 Å². The van der Waals surface area contributed by atoms with Gasteiger partial charge in [0.2, 0.25) is 5.91 Å². The first-order valence-electron chi connectivity index (χ1n) is 8.09. The lowest BCUT2D eigenvalue weighted by Gasteiger charge is -2.13. The van der Waals surface area contributed by atoms with Crippen molar-refractivity contribution in [3.8, 4) is 0 Å². The van der Waals surface area contributed by atoms with Gasteiger partial charge in [-0.1, -0.05) is 35.5 Å². The Balaban J connectivity index is 1.66. The molecule has 1 amide bonds. The fourth-order valence-corrected chi connectivity index (χ4v) is 4.07. The maximum absolute atomic E-state index is 12.5. The Kier molecular flexibility index (Phi) is 6.01. The molecular weight excluding hydrogens is 388 g/mol. The van der Waals surface area contributed by atoms with Gasteiger partial charge in [0.15, 0.2) is 5.16 Å². The second-order valence-electron chi connectivity index (χ2n) is 5.88. The number of thiophene rings is 1. The van der Waals surface area contributed by atoms with Crippen LogP contribution in [0.5, 0.6) is 0 Å². The van der Waals surface area contributed by atoms with Crippen LogP contribution in [-0.2, 0) is 18.3 Å². The fraction of sp³-hybridized carbons (Fsp3) is 0.278. The number of hydrogen-bond acceptors (Lipinski definition) is 5. The summed E-state index contributed by atoms with van der Waals surface area (Å²) >= 11 is 9.20. The lowest BCUT2D eigenvalue weighted by Crippen LogP contribution is -2.23. The molecule has 0 fully saturated rings. The Bertz CT molecular complexity index is 908. The number of anilines is 1. The standard InChI is InChI=1S/C18H19ClN4OS2/c1-11-14(19)7-4-8-15(11)20-17(24)12(2)26-18-22-21-16(23(18)3)10-13-6-5-9-25-13/h4-9,12H,10H2,1-3H3,(H,20,24)/t12-/m0/s1. The van der Waals surface area contributed by atoms with E-state index >= 15 is 0 Å². The monoisotopic (exact) mass is 406 g/mol. The summed E-state index contributed by atoms with van der Waals surface area (Å²) in [5.41, 5.74) is 1.59. The van der Waals surface area contributed by atoms with Crippen molar-refractivity contribution in [1.29, 1.82) is 0 Å². The van der Waals surface area contributed by atoms with Gasteiger partial charge in [0.25, 0.3) is 0 Å². The average Bonchev–Trinajstić information content (AvgIpc) is 3.24. The van der Waals surface area contributed by atoms with Gasteiger partial charge < -0.3 is 9.88 Å². The van der Waals surface area contributed by atoms with Gasteiger partial charge in [0.05, 0.1) is 5.25 Å². The van der Waals surface area contributed by atoms with Crippen LogP contribution >= 0.6 is 34.7 Å². The summed E-state index contributed by atoms with van der Waals surface area (Å²) in [6.07, 6.45) is 0.740. The Labute approximate surface area is 165 Å². The van der Waals surface area contributed by atoms with E-state index in [0.717, 1.165) is 28.7 Å². The Hall–Kier alpha value is -1.83. The van der Waals surface area contributed by atoms with Crippen LogP contribution in [0.1, 0.15) is 23.2 Å². The first-order valence-corrected chi connectivity index (χ1v) is 10.2. The van der Waals surface area contributed by atoms with Gasteiger partial charge in [-0.3, -0.25) is 4.79 Å². The molecule has 0 saturated carbocycles. The molecule has 0 aliphatic rings. The molecule has 1 aromatic carbocycles. The zero-order chi connectivity index (χ0) is 18.7. The van der Waals surface area contributed by atoms with E-state index in [2.05, 4.69) is 21.6 Å². The highest BCUT2D eigenvalue weighted by atomic mass is 35.5. The second-order valence-corrected chi connectivity index (χ2v) is 8.62. The zero-order valence-electron chi connectivity index (χ0n) is 14.7. The smallest absolute Gasteiger partial charge is 0.237 e. The minimum atomic E-state index is -0.314. The molecule has 0 aliphatic carbocycles. The van der Waals surface area contributed by atoms with Crippen molar-refractivity contribution in [3.63, 3.8) is 0 Å². The summed E-state index contributed by atoms with van der Waals surface area (Å²) in [4.78, 5) is 13.8. The van der Waals surface area contributed by atoms with E-state index in [9.17, 15) is 4.79 Å². The predicted octanol–water partition coefficient (Wildman–Crippen LogP) is 4.55. The summed E-state index contributed by atoms with van der Waals surface area (Å²) in [5.74, 6) is 0.788. The van der Waals surface area contributed by atoms with Crippen LogP contribution in [0.4, 0.5) is 5.69 Å². The first kappa shape index (κ1) is 18.9. The number of hydrogen-bond donors (Lipinski definition) is 1. The number of benzene rings is 1. The molecule has 0 saturated heterocycles. The molecule has 3 rings (SSSR count). The van der Waals surface area contributed by atoms with Crippen molar-refractivity contribution in [2.24, 2.45) is 7.05 Å². The molecule has 1 atom stereocenters. The maximum atomic E-state index is 12.5. The highest BCUT2D eigenvalue weighted by Crippen LogP contribution is 2.26. The van der Waals surface area contributed by atoms with E-state index < -0.39 is 0 Å². The second kappa shape index (κ2) is 8.24. The summed E-state index contributed by atoms with van der Waals surface area (Å²) in [7, 11) is 1.93. The van der Waals surface area contributed by atoms with Gasteiger partial charge in [-0.15, -0.1) is 21.5 Å². The number of amides is 1. The topological polar surface area (TPSA) is 59.8 Å². The van der Waals surface area contributed by atoms with Crippen LogP contribution in [0.15, 0.2) is 40.9 Å². The van der Waals surface area contributed by atoms with Gasteiger partial charge in [-0.25, -0.2) is 0 Å². The number of nitrogens with zero attached hydrogens (tertiary/aromatic N) is 3. The molecule has 1 N–H and O–H groups in total. The molecule has 2 aromatic heterocycles. The van der Waals surface area contributed by atoms with Crippen molar-refractivity contribution < 1.29 is 4.79 Å². The molecule has 0 bridgehead atoms. The van der Waals surface area contributed by atoms with Crippen molar-refractivity contribution in [1.82, 2.24) is 14.8 Å². The van der Waals surface area contributed by atoms with E-state index in [1.807, 2.05) is 49.0 Å². The number of rotatable bonds is 6. The van der Waals surface area contributed by atoms with Crippen LogP contribution < -0.4 is 5.32 Å². The molecule has 26 heavy (non-hydrogen) atoms. The summed E-state index contributed by atoms with van der Waals surface area (Å²) in [6, 6.07) is 9.57. The summed E-state index contributed by atoms with van der Waals surface area (Å²) < 4.78 is 1.94. The molecule has 0 aliphatic heterocycles. The lowest BCUT2D eigenvalue weighted by molar-refractivity contribution is -0.115. The van der Waals surface area contributed by atoms with E-state index in [1.165, 1.54) is 16.6 Å². The SMILES string of the molecule is Cc1c(Cl)cccc1NC(=O)[C@H](C)Sc1nnc(Cc2cccs2)n1C.